The number of thiazole rings is 1. The van der Waals surface area contributed by atoms with E-state index in [1.807, 2.05) is 18.2 Å². The number of methoxy groups -OCH3 is 1. The highest BCUT2D eigenvalue weighted by atomic mass is 32.1. The molecule has 0 bridgehead atoms. The molecule has 0 aliphatic heterocycles. The first kappa shape index (κ1) is 19.2. The van der Waals surface area contributed by atoms with Crippen molar-refractivity contribution in [2.75, 3.05) is 12.4 Å². The van der Waals surface area contributed by atoms with Crippen LogP contribution in [0.1, 0.15) is 29.7 Å². The summed E-state index contributed by atoms with van der Waals surface area (Å²) in [4.78, 5) is 36.5. The Kier molecular flexibility index (Phi) is 5.00. The summed E-state index contributed by atoms with van der Waals surface area (Å²) >= 11 is 3.03. The fourth-order valence-electron chi connectivity index (χ4n) is 3.83. The largest absolute Gasteiger partial charge is 0.497 e. The molecule has 1 N–H and O–H groups in total. The third-order valence-corrected chi connectivity index (χ3v) is 7.50. The number of nitrogens with zero attached hydrogens (tertiary/aromatic N) is 3. The van der Waals surface area contributed by atoms with Crippen molar-refractivity contribution in [1.29, 1.82) is 0 Å². The molecule has 0 atom stereocenters. The molecule has 4 aromatic rings. The van der Waals surface area contributed by atoms with Crippen molar-refractivity contribution in [1.82, 2.24) is 14.5 Å². The molecular formula is C21H20N4O3S2. The number of ether oxygens (including phenoxy) is 1. The lowest BCUT2D eigenvalue weighted by Crippen LogP contribution is -2.24. The van der Waals surface area contributed by atoms with E-state index in [2.05, 4.69) is 15.3 Å². The van der Waals surface area contributed by atoms with E-state index in [0.29, 0.717) is 5.13 Å². The Hall–Kier alpha value is -2.78. The van der Waals surface area contributed by atoms with Crippen molar-refractivity contribution in [3.8, 4) is 5.75 Å². The monoisotopic (exact) mass is 440 g/mol. The maximum atomic E-state index is 13.0. The Balaban J connectivity index is 1.31. The predicted molar refractivity (Wildman–Crippen MR) is 120 cm³/mol. The lowest BCUT2D eigenvalue weighted by atomic mass is 9.97. The number of anilines is 1. The number of fused-ring (bicyclic) bond motifs is 4. The van der Waals surface area contributed by atoms with Gasteiger partial charge in [-0.3, -0.25) is 14.2 Å². The van der Waals surface area contributed by atoms with Gasteiger partial charge in [-0.05, 0) is 49.4 Å². The van der Waals surface area contributed by atoms with Crippen LogP contribution in [0.15, 0.2) is 29.3 Å². The summed E-state index contributed by atoms with van der Waals surface area (Å²) in [6.07, 6.45) is 6.00. The smallest absolute Gasteiger partial charge is 0.262 e. The number of hydrogen-bond acceptors (Lipinski definition) is 7. The Morgan fingerprint density at radius 1 is 1.27 bits per heavy atom. The lowest BCUT2D eigenvalue weighted by molar-refractivity contribution is -0.116. The zero-order valence-electron chi connectivity index (χ0n) is 16.4. The topological polar surface area (TPSA) is 86.1 Å². The first-order valence-corrected chi connectivity index (χ1v) is 11.5. The highest BCUT2D eigenvalue weighted by Gasteiger charge is 2.20. The Morgan fingerprint density at radius 3 is 3.00 bits per heavy atom. The van der Waals surface area contributed by atoms with Gasteiger partial charge in [0.15, 0.2) is 5.13 Å². The average Bonchev–Trinajstić information content (AvgIpc) is 3.33. The minimum atomic E-state index is -0.180. The maximum Gasteiger partial charge on any atom is 0.262 e. The lowest BCUT2D eigenvalue weighted by Gasteiger charge is -2.10. The molecule has 1 aromatic carbocycles. The van der Waals surface area contributed by atoms with Crippen LogP contribution in [-0.4, -0.2) is 27.6 Å². The highest BCUT2D eigenvalue weighted by molar-refractivity contribution is 7.22. The maximum absolute atomic E-state index is 13.0. The second kappa shape index (κ2) is 7.81. The van der Waals surface area contributed by atoms with Gasteiger partial charge in [-0.25, -0.2) is 9.97 Å². The van der Waals surface area contributed by atoms with E-state index in [4.69, 9.17) is 4.74 Å². The van der Waals surface area contributed by atoms with E-state index >= 15 is 0 Å². The number of carbonyl (C=O) groups is 1. The molecule has 30 heavy (non-hydrogen) atoms. The van der Waals surface area contributed by atoms with Gasteiger partial charge in [-0.15, -0.1) is 11.3 Å². The number of aromatic nitrogens is 3. The number of nitrogens with one attached hydrogen (secondary N) is 1. The Labute approximate surface area is 180 Å². The number of thiophene rings is 1. The molecule has 1 amide bonds. The molecule has 0 fully saturated rings. The predicted octanol–water partition coefficient (Wildman–Crippen LogP) is 3.98. The molecular weight excluding hydrogens is 420 g/mol. The van der Waals surface area contributed by atoms with Gasteiger partial charge in [0.2, 0.25) is 5.91 Å². The van der Waals surface area contributed by atoms with Gasteiger partial charge in [0, 0.05) is 17.8 Å². The molecule has 3 aromatic heterocycles. The highest BCUT2D eigenvalue weighted by Crippen LogP contribution is 2.33. The number of benzene rings is 1. The van der Waals surface area contributed by atoms with Crippen molar-refractivity contribution in [2.24, 2.45) is 0 Å². The van der Waals surface area contributed by atoms with Crippen LogP contribution in [0.4, 0.5) is 5.13 Å². The van der Waals surface area contributed by atoms with Gasteiger partial charge in [-0.2, -0.15) is 0 Å². The summed E-state index contributed by atoms with van der Waals surface area (Å²) in [5.74, 6) is 0.572. The third kappa shape index (κ3) is 3.48. The van der Waals surface area contributed by atoms with E-state index in [1.165, 1.54) is 28.2 Å². The third-order valence-electron chi connectivity index (χ3n) is 5.36. The van der Waals surface area contributed by atoms with Crippen LogP contribution in [0.25, 0.3) is 20.4 Å². The summed E-state index contributed by atoms with van der Waals surface area (Å²) in [6.45, 7) is 0.289. The number of aryl methyl sites for hydroxylation is 3. The average molecular weight is 441 g/mol. The molecule has 0 saturated heterocycles. The summed E-state index contributed by atoms with van der Waals surface area (Å²) in [7, 11) is 1.62. The quantitative estimate of drug-likeness (QED) is 0.507. The van der Waals surface area contributed by atoms with E-state index in [9.17, 15) is 9.59 Å². The summed E-state index contributed by atoms with van der Waals surface area (Å²) < 4.78 is 7.72. The van der Waals surface area contributed by atoms with Crippen LogP contribution < -0.4 is 15.6 Å². The van der Waals surface area contributed by atoms with Gasteiger partial charge in [0.25, 0.3) is 5.56 Å². The number of amides is 1. The Morgan fingerprint density at radius 2 is 2.13 bits per heavy atom. The van der Waals surface area contributed by atoms with Gasteiger partial charge in [0.05, 0.1) is 29.0 Å². The van der Waals surface area contributed by atoms with Crippen molar-refractivity contribution in [3.05, 3.63) is 45.3 Å². The first-order chi connectivity index (χ1) is 14.6. The molecule has 1 aliphatic rings. The van der Waals surface area contributed by atoms with E-state index in [1.54, 1.807) is 29.3 Å². The molecule has 9 heteroatoms. The molecule has 1 aliphatic carbocycles. The first-order valence-electron chi connectivity index (χ1n) is 9.86. The van der Waals surface area contributed by atoms with Crippen molar-refractivity contribution in [2.45, 2.75) is 38.6 Å². The molecule has 0 saturated carbocycles. The van der Waals surface area contributed by atoms with Crippen LogP contribution in [-0.2, 0) is 24.2 Å². The van der Waals surface area contributed by atoms with E-state index in [-0.39, 0.29) is 24.4 Å². The summed E-state index contributed by atoms with van der Waals surface area (Å²) in [5.41, 5.74) is 1.94. The number of rotatable bonds is 5. The molecule has 5 rings (SSSR count). The van der Waals surface area contributed by atoms with Crippen molar-refractivity contribution in [3.63, 3.8) is 0 Å². The van der Waals surface area contributed by atoms with Crippen molar-refractivity contribution >= 4 is 54.1 Å². The molecule has 154 valence electrons. The van der Waals surface area contributed by atoms with Crippen LogP contribution in [0.5, 0.6) is 5.75 Å². The normalized spacial score (nSPS) is 13.5. The summed E-state index contributed by atoms with van der Waals surface area (Å²) in [6, 6.07) is 5.60. The molecule has 0 spiro atoms. The second-order valence-corrected chi connectivity index (χ2v) is 9.40. The fourth-order valence-corrected chi connectivity index (χ4v) is 5.96. The van der Waals surface area contributed by atoms with Gasteiger partial charge in [0.1, 0.15) is 10.6 Å². The van der Waals surface area contributed by atoms with Crippen LogP contribution >= 0.6 is 22.7 Å². The molecule has 3 heterocycles. The summed E-state index contributed by atoms with van der Waals surface area (Å²) in [5, 5.41) is 4.12. The zero-order chi connectivity index (χ0) is 20.7. The van der Waals surface area contributed by atoms with Gasteiger partial charge in [-0.1, -0.05) is 11.3 Å². The van der Waals surface area contributed by atoms with Gasteiger partial charge < -0.3 is 10.1 Å². The Bertz CT molecular complexity index is 1320. The molecule has 7 nitrogen and oxygen atoms in total. The van der Waals surface area contributed by atoms with Crippen LogP contribution in [0.2, 0.25) is 0 Å². The van der Waals surface area contributed by atoms with Crippen LogP contribution in [0, 0.1) is 0 Å². The standard InChI is InChI=1S/C21H20N4O3S2/c1-28-12-6-7-14-16(10-12)30-21(23-14)24-17(26)8-9-25-11-22-19-18(20(25)27)13-4-2-3-5-15(13)29-19/h6-7,10-11H,2-5,8-9H2,1H3,(H,23,24,26). The minimum Gasteiger partial charge on any atom is -0.497 e. The minimum absolute atomic E-state index is 0.0423. The number of hydrogen-bond donors (Lipinski definition) is 1. The molecule has 0 radical (unpaired) electrons. The molecule has 0 unspecified atom stereocenters. The fraction of sp³-hybridized carbons (Fsp3) is 0.333. The number of carbonyl (C=O) groups excluding carboxylic acids is 1. The van der Waals surface area contributed by atoms with E-state index < -0.39 is 0 Å². The second-order valence-electron chi connectivity index (χ2n) is 7.29. The van der Waals surface area contributed by atoms with Crippen LogP contribution in [0.3, 0.4) is 0 Å². The van der Waals surface area contributed by atoms with Crippen molar-refractivity contribution < 1.29 is 9.53 Å². The zero-order valence-corrected chi connectivity index (χ0v) is 18.1. The van der Waals surface area contributed by atoms with E-state index in [0.717, 1.165) is 45.4 Å². The SMILES string of the molecule is COc1ccc2nc(NC(=O)CCn3cnc4sc5c(c4c3=O)CCCC5)sc2c1. The van der Waals surface area contributed by atoms with Gasteiger partial charge >= 0.3 is 0 Å².